The van der Waals surface area contributed by atoms with Crippen LogP contribution in [0.25, 0.3) is 11.4 Å². The maximum absolute atomic E-state index is 13.8. The van der Waals surface area contributed by atoms with Gasteiger partial charge in [0.15, 0.2) is 0 Å². The van der Waals surface area contributed by atoms with Crippen LogP contribution in [0.4, 0.5) is 10.5 Å². The highest BCUT2D eigenvalue weighted by Gasteiger charge is 2.34. The van der Waals surface area contributed by atoms with Crippen LogP contribution in [-0.4, -0.2) is 52.6 Å². The average molecular weight is 551 g/mol. The number of ether oxygens (including phenoxy) is 2. The van der Waals surface area contributed by atoms with Crippen molar-refractivity contribution in [1.29, 1.82) is 0 Å². The van der Waals surface area contributed by atoms with Crippen molar-refractivity contribution in [1.82, 2.24) is 15.5 Å². The molecule has 1 aliphatic carbocycles. The third kappa shape index (κ3) is 6.25. The molecule has 10 nitrogen and oxygen atoms in total. The van der Waals surface area contributed by atoms with Gasteiger partial charge in [-0.25, -0.2) is 9.59 Å². The molecule has 1 fully saturated rings. The lowest BCUT2D eigenvalue weighted by molar-refractivity contribution is -0.120. The summed E-state index contributed by atoms with van der Waals surface area (Å²) in [7, 11) is 1.31. The maximum atomic E-state index is 13.8. The molecule has 204 valence electrons. The van der Waals surface area contributed by atoms with Gasteiger partial charge in [-0.2, -0.15) is 4.98 Å². The first-order valence-corrected chi connectivity index (χ1v) is 13.7. The zero-order valence-corrected chi connectivity index (χ0v) is 23.0. The third-order valence-electron chi connectivity index (χ3n) is 6.25. The van der Waals surface area contributed by atoms with E-state index in [4.69, 9.17) is 14.0 Å². The van der Waals surface area contributed by atoms with E-state index in [9.17, 15) is 14.4 Å². The van der Waals surface area contributed by atoms with E-state index in [2.05, 4.69) is 15.5 Å². The molecule has 1 aliphatic heterocycles. The summed E-state index contributed by atoms with van der Waals surface area (Å²) in [4.78, 5) is 45.5. The molecule has 5 rings (SSSR count). The van der Waals surface area contributed by atoms with Gasteiger partial charge < -0.3 is 24.2 Å². The fraction of sp³-hybridized carbons (Fsp3) is 0.393. The monoisotopic (exact) mass is 550 g/mol. The van der Waals surface area contributed by atoms with E-state index in [1.807, 2.05) is 24.3 Å². The summed E-state index contributed by atoms with van der Waals surface area (Å²) >= 11 is 1.42. The number of methoxy groups -OCH3 is 1. The lowest BCUT2D eigenvalue weighted by atomic mass is 10.1. The van der Waals surface area contributed by atoms with Crippen molar-refractivity contribution < 1.29 is 28.4 Å². The summed E-state index contributed by atoms with van der Waals surface area (Å²) in [6, 6.07) is 11.8. The lowest BCUT2D eigenvalue weighted by Gasteiger charge is -2.27. The second-order valence-corrected chi connectivity index (χ2v) is 11.6. The molecule has 11 heteroatoms. The Morgan fingerprint density at radius 1 is 1.15 bits per heavy atom. The number of carbonyl (C=O) groups is 3. The van der Waals surface area contributed by atoms with Crippen LogP contribution < -0.4 is 10.2 Å². The van der Waals surface area contributed by atoms with E-state index >= 15 is 0 Å². The van der Waals surface area contributed by atoms with E-state index < -0.39 is 23.7 Å². The first-order valence-electron chi connectivity index (χ1n) is 12.7. The zero-order valence-electron chi connectivity index (χ0n) is 22.2. The Hall–Kier alpha value is -3.86. The Morgan fingerprint density at radius 3 is 2.56 bits per heavy atom. The molecule has 39 heavy (non-hydrogen) atoms. The van der Waals surface area contributed by atoms with Crippen LogP contribution in [0.3, 0.4) is 0 Å². The van der Waals surface area contributed by atoms with E-state index in [-0.39, 0.29) is 12.5 Å². The van der Waals surface area contributed by atoms with Crippen LogP contribution in [0.1, 0.15) is 61.3 Å². The van der Waals surface area contributed by atoms with Gasteiger partial charge in [0.05, 0.1) is 24.9 Å². The number of alkyl carbamates (subject to hydrolysis) is 1. The van der Waals surface area contributed by atoms with E-state index in [0.717, 1.165) is 28.9 Å². The van der Waals surface area contributed by atoms with Crippen LogP contribution in [0.5, 0.6) is 0 Å². The van der Waals surface area contributed by atoms with Crippen molar-refractivity contribution in [3.8, 4) is 11.4 Å². The van der Waals surface area contributed by atoms with Crippen molar-refractivity contribution >= 4 is 35.4 Å². The molecular weight excluding hydrogens is 520 g/mol. The predicted molar refractivity (Wildman–Crippen MR) is 145 cm³/mol. The normalized spacial score (nSPS) is 17.3. The minimum Gasteiger partial charge on any atom is -0.465 e. The Morgan fingerprint density at radius 2 is 1.90 bits per heavy atom. The first kappa shape index (κ1) is 26.7. The molecule has 1 saturated carbocycles. The van der Waals surface area contributed by atoms with Crippen molar-refractivity contribution in [2.75, 3.05) is 17.8 Å². The lowest BCUT2D eigenvalue weighted by Crippen LogP contribution is -2.50. The number of anilines is 1. The number of carbonyl (C=O) groups excluding carboxylic acids is 3. The number of aromatic nitrogens is 2. The molecule has 1 aromatic heterocycles. The van der Waals surface area contributed by atoms with E-state index in [1.54, 1.807) is 43.9 Å². The van der Waals surface area contributed by atoms with Crippen molar-refractivity contribution in [2.24, 2.45) is 0 Å². The van der Waals surface area contributed by atoms with Crippen LogP contribution in [0.15, 0.2) is 51.9 Å². The van der Waals surface area contributed by atoms with Gasteiger partial charge in [0.2, 0.25) is 11.7 Å². The SMILES string of the molecule is COC(=O)c1ccc2c(c1)N(Cc1ccc(-c3noc(C4CC4)n3)cc1)C(=O)[C@@H](NC(=O)OC(C)(C)C)CS2. The fourth-order valence-electron chi connectivity index (χ4n) is 4.15. The molecule has 2 heterocycles. The zero-order chi connectivity index (χ0) is 27.7. The average Bonchev–Trinajstić information content (AvgIpc) is 3.66. The molecule has 3 aromatic rings. The molecule has 2 amide bonds. The minimum absolute atomic E-state index is 0.212. The smallest absolute Gasteiger partial charge is 0.408 e. The minimum atomic E-state index is -0.835. The van der Waals surface area contributed by atoms with E-state index in [0.29, 0.717) is 34.6 Å². The highest BCUT2D eigenvalue weighted by Crippen LogP contribution is 2.40. The maximum Gasteiger partial charge on any atom is 0.408 e. The number of amides is 2. The van der Waals surface area contributed by atoms with Crippen LogP contribution in [0, 0.1) is 0 Å². The van der Waals surface area contributed by atoms with Crippen LogP contribution >= 0.6 is 11.8 Å². The van der Waals surface area contributed by atoms with Gasteiger partial charge in [-0.15, -0.1) is 11.8 Å². The fourth-order valence-corrected chi connectivity index (χ4v) is 5.21. The molecule has 0 unspecified atom stereocenters. The molecule has 0 saturated heterocycles. The summed E-state index contributed by atoms with van der Waals surface area (Å²) in [6.45, 7) is 5.50. The number of hydrogen-bond acceptors (Lipinski definition) is 9. The summed E-state index contributed by atoms with van der Waals surface area (Å²) < 4.78 is 15.7. The number of esters is 1. The Labute approximate surface area is 230 Å². The first-order chi connectivity index (χ1) is 18.6. The second kappa shape index (κ2) is 10.7. The summed E-state index contributed by atoms with van der Waals surface area (Å²) in [5, 5.41) is 6.81. The van der Waals surface area contributed by atoms with Crippen LogP contribution in [0.2, 0.25) is 0 Å². The molecule has 1 N–H and O–H groups in total. The van der Waals surface area contributed by atoms with Crippen molar-refractivity contribution in [2.45, 2.75) is 62.6 Å². The number of hydrogen-bond donors (Lipinski definition) is 1. The largest absolute Gasteiger partial charge is 0.465 e. The Balaban J connectivity index is 1.42. The van der Waals surface area contributed by atoms with Crippen molar-refractivity contribution in [3.63, 3.8) is 0 Å². The standard InChI is InChI=1S/C28H30N4O6S/c1-28(2,3)37-27(35)29-20-15-39-22-12-11-19(26(34)36-4)13-21(22)32(25(20)33)14-16-5-7-17(8-6-16)23-30-24(38-31-23)18-9-10-18/h5-8,11-13,18,20H,9-10,14-15H2,1-4H3,(H,29,35)/t20-/m0/s1. The molecule has 2 aromatic carbocycles. The van der Waals surface area contributed by atoms with Crippen molar-refractivity contribution in [3.05, 3.63) is 59.5 Å². The summed E-state index contributed by atoms with van der Waals surface area (Å²) in [5.41, 5.74) is 1.84. The van der Waals surface area contributed by atoms with Gasteiger partial charge in [-0.1, -0.05) is 29.4 Å². The summed E-state index contributed by atoms with van der Waals surface area (Å²) in [6.07, 6.45) is 1.48. The number of nitrogens with zero attached hydrogens (tertiary/aromatic N) is 3. The van der Waals surface area contributed by atoms with Crippen LogP contribution in [-0.2, 0) is 20.8 Å². The van der Waals surface area contributed by atoms with Gasteiger partial charge in [0.25, 0.3) is 5.91 Å². The number of benzene rings is 2. The van der Waals surface area contributed by atoms with Gasteiger partial charge in [-0.3, -0.25) is 4.79 Å². The summed E-state index contributed by atoms with van der Waals surface area (Å²) in [5.74, 6) is 1.06. The topological polar surface area (TPSA) is 124 Å². The predicted octanol–water partition coefficient (Wildman–Crippen LogP) is 4.93. The Kier molecular flexibility index (Phi) is 7.35. The van der Waals surface area contributed by atoms with Gasteiger partial charge in [0, 0.05) is 22.1 Å². The molecular formula is C28H30N4O6S. The third-order valence-corrected chi connectivity index (χ3v) is 7.41. The van der Waals surface area contributed by atoms with Gasteiger partial charge in [-0.05, 0) is 57.4 Å². The number of fused-ring (bicyclic) bond motifs is 1. The Bertz CT molecular complexity index is 1390. The van der Waals surface area contributed by atoms with Gasteiger partial charge in [0.1, 0.15) is 11.6 Å². The molecule has 0 bridgehead atoms. The number of nitrogens with one attached hydrogen (secondary N) is 1. The number of rotatable bonds is 6. The highest BCUT2D eigenvalue weighted by atomic mass is 32.2. The molecule has 0 radical (unpaired) electrons. The quantitative estimate of drug-likeness (QED) is 0.425. The second-order valence-electron chi connectivity index (χ2n) is 10.5. The molecule has 1 atom stereocenters. The van der Waals surface area contributed by atoms with E-state index in [1.165, 1.54) is 18.9 Å². The molecule has 2 aliphatic rings. The van der Waals surface area contributed by atoms with Gasteiger partial charge >= 0.3 is 12.1 Å². The number of thioether (sulfide) groups is 1. The highest BCUT2D eigenvalue weighted by molar-refractivity contribution is 7.99. The molecule has 0 spiro atoms.